The Labute approximate surface area is 134 Å². The van der Waals surface area contributed by atoms with Crippen molar-refractivity contribution >= 4 is 5.91 Å². The molecular weight excluding hydrogens is 272 g/mol. The summed E-state index contributed by atoms with van der Waals surface area (Å²) < 4.78 is 0. The highest BCUT2D eigenvalue weighted by Gasteiger charge is 2.33. The summed E-state index contributed by atoms with van der Waals surface area (Å²) in [6, 6.07) is 11.3. The maximum absolute atomic E-state index is 13.0. The Morgan fingerprint density at radius 2 is 1.91 bits per heavy atom. The van der Waals surface area contributed by atoms with Crippen LogP contribution in [0, 0.1) is 5.92 Å². The van der Waals surface area contributed by atoms with Gasteiger partial charge in [0.1, 0.15) is 0 Å². The molecule has 1 aliphatic heterocycles. The third-order valence-electron chi connectivity index (χ3n) is 5.16. The Morgan fingerprint density at radius 1 is 1.18 bits per heavy atom. The van der Waals surface area contributed by atoms with E-state index in [0.717, 1.165) is 32.4 Å². The molecule has 1 saturated heterocycles. The summed E-state index contributed by atoms with van der Waals surface area (Å²) in [5.74, 6) is 0.686. The minimum Gasteiger partial charge on any atom is -0.336 e. The van der Waals surface area contributed by atoms with Gasteiger partial charge < -0.3 is 10.2 Å². The fourth-order valence-corrected chi connectivity index (χ4v) is 3.88. The van der Waals surface area contributed by atoms with Gasteiger partial charge in [-0.2, -0.15) is 0 Å². The predicted octanol–water partition coefficient (Wildman–Crippen LogP) is 3.00. The highest BCUT2D eigenvalue weighted by Crippen LogP contribution is 2.27. The zero-order valence-electron chi connectivity index (χ0n) is 13.6. The third-order valence-corrected chi connectivity index (χ3v) is 5.16. The van der Waals surface area contributed by atoms with E-state index in [9.17, 15) is 4.79 Å². The standard InChI is InChI=1S/C19H28N2O/c1-15-14-21(19(22)17-10-6-3-7-11-17)18(13-20-15)12-16-8-4-2-5-9-16/h2,4-5,8-9,15,17-18,20H,3,6-7,10-14H2,1H3. The van der Waals surface area contributed by atoms with E-state index in [1.807, 2.05) is 0 Å². The van der Waals surface area contributed by atoms with Gasteiger partial charge in [-0.15, -0.1) is 0 Å². The summed E-state index contributed by atoms with van der Waals surface area (Å²) in [6.07, 6.45) is 6.89. The Morgan fingerprint density at radius 3 is 2.64 bits per heavy atom. The van der Waals surface area contributed by atoms with Gasteiger partial charge in [0.15, 0.2) is 0 Å². The molecule has 3 heteroatoms. The van der Waals surface area contributed by atoms with Crippen LogP contribution < -0.4 is 5.32 Å². The molecule has 1 aliphatic carbocycles. The van der Waals surface area contributed by atoms with Gasteiger partial charge in [0.25, 0.3) is 0 Å². The summed E-state index contributed by atoms with van der Waals surface area (Å²) >= 11 is 0. The molecule has 1 heterocycles. The Kier molecular flexibility index (Phi) is 5.14. The molecule has 0 aromatic heterocycles. The van der Waals surface area contributed by atoms with Crippen molar-refractivity contribution in [3.8, 4) is 0 Å². The van der Waals surface area contributed by atoms with Crippen LogP contribution in [-0.4, -0.2) is 36.0 Å². The van der Waals surface area contributed by atoms with Crippen LogP contribution in [0.4, 0.5) is 0 Å². The van der Waals surface area contributed by atoms with Crippen LogP contribution in [0.15, 0.2) is 30.3 Å². The van der Waals surface area contributed by atoms with E-state index in [1.165, 1.54) is 24.8 Å². The van der Waals surface area contributed by atoms with Crippen molar-refractivity contribution in [2.75, 3.05) is 13.1 Å². The van der Waals surface area contributed by atoms with Crippen molar-refractivity contribution in [3.63, 3.8) is 0 Å². The second kappa shape index (κ2) is 7.28. The lowest BCUT2D eigenvalue weighted by Gasteiger charge is -2.41. The minimum atomic E-state index is 0.275. The van der Waals surface area contributed by atoms with E-state index < -0.39 is 0 Å². The Hall–Kier alpha value is -1.35. The van der Waals surface area contributed by atoms with Crippen molar-refractivity contribution in [1.82, 2.24) is 10.2 Å². The number of hydrogen-bond donors (Lipinski definition) is 1. The summed E-state index contributed by atoms with van der Waals surface area (Å²) in [5, 5.41) is 3.55. The number of rotatable bonds is 3. The molecule has 2 aliphatic rings. The molecule has 0 radical (unpaired) electrons. The molecule has 2 unspecified atom stereocenters. The van der Waals surface area contributed by atoms with Crippen LogP contribution in [0.3, 0.4) is 0 Å². The topological polar surface area (TPSA) is 32.3 Å². The molecule has 1 saturated carbocycles. The Bertz CT molecular complexity index is 481. The normalized spacial score (nSPS) is 26.9. The number of nitrogens with zero attached hydrogens (tertiary/aromatic N) is 1. The molecule has 1 aromatic carbocycles. The second-order valence-corrected chi connectivity index (χ2v) is 6.98. The van der Waals surface area contributed by atoms with Crippen molar-refractivity contribution in [2.24, 2.45) is 5.92 Å². The van der Waals surface area contributed by atoms with Crippen LogP contribution in [0.5, 0.6) is 0 Å². The number of carbonyl (C=O) groups excluding carboxylic acids is 1. The lowest BCUT2D eigenvalue weighted by molar-refractivity contribution is -0.140. The van der Waals surface area contributed by atoms with E-state index in [-0.39, 0.29) is 5.92 Å². The molecule has 0 spiro atoms. The average molecular weight is 300 g/mol. The minimum absolute atomic E-state index is 0.275. The quantitative estimate of drug-likeness (QED) is 0.930. The lowest BCUT2D eigenvalue weighted by atomic mass is 9.87. The summed E-state index contributed by atoms with van der Waals surface area (Å²) in [7, 11) is 0. The van der Waals surface area contributed by atoms with Crippen LogP contribution in [0.25, 0.3) is 0 Å². The van der Waals surface area contributed by atoms with Crippen LogP contribution in [0.1, 0.15) is 44.6 Å². The number of hydrogen-bond acceptors (Lipinski definition) is 2. The maximum Gasteiger partial charge on any atom is 0.226 e. The summed E-state index contributed by atoms with van der Waals surface area (Å²) in [6.45, 7) is 3.95. The number of amides is 1. The van der Waals surface area contributed by atoms with E-state index in [1.54, 1.807) is 0 Å². The molecule has 22 heavy (non-hydrogen) atoms. The number of nitrogens with one attached hydrogen (secondary N) is 1. The number of carbonyl (C=O) groups is 1. The van der Waals surface area contributed by atoms with Crippen LogP contribution in [-0.2, 0) is 11.2 Å². The molecule has 3 nitrogen and oxygen atoms in total. The van der Waals surface area contributed by atoms with Gasteiger partial charge in [-0.1, -0.05) is 49.6 Å². The highest BCUT2D eigenvalue weighted by atomic mass is 16.2. The number of benzene rings is 1. The van der Waals surface area contributed by atoms with Gasteiger partial charge >= 0.3 is 0 Å². The van der Waals surface area contributed by atoms with Crippen molar-refractivity contribution < 1.29 is 4.79 Å². The molecule has 2 fully saturated rings. The molecule has 1 amide bonds. The van der Waals surface area contributed by atoms with Crippen molar-refractivity contribution in [1.29, 1.82) is 0 Å². The molecule has 1 aromatic rings. The zero-order chi connectivity index (χ0) is 15.4. The van der Waals surface area contributed by atoms with Crippen LogP contribution >= 0.6 is 0 Å². The smallest absolute Gasteiger partial charge is 0.226 e. The zero-order valence-corrected chi connectivity index (χ0v) is 13.6. The van der Waals surface area contributed by atoms with Gasteiger partial charge in [0.2, 0.25) is 5.91 Å². The van der Waals surface area contributed by atoms with Gasteiger partial charge in [-0.25, -0.2) is 0 Å². The molecule has 3 rings (SSSR count). The fraction of sp³-hybridized carbons (Fsp3) is 0.632. The van der Waals surface area contributed by atoms with Gasteiger partial charge in [-0.3, -0.25) is 4.79 Å². The summed E-state index contributed by atoms with van der Waals surface area (Å²) in [4.78, 5) is 15.2. The van der Waals surface area contributed by atoms with Crippen LogP contribution in [0.2, 0.25) is 0 Å². The third kappa shape index (κ3) is 3.70. The van der Waals surface area contributed by atoms with Gasteiger partial charge in [0, 0.05) is 31.1 Å². The number of piperazine rings is 1. The Balaban J connectivity index is 1.70. The average Bonchev–Trinajstić information content (AvgIpc) is 2.57. The van der Waals surface area contributed by atoms with E-state index >= 15 is 0 Å². The fourth-order valence-electron chi connectivity index (χ4n) is 3.88. The highest BCUT2D eigenvalue weighted by molar-refractivity contribution is 5.79. The first-order valence-electron chi connectivity index (χ1n) is 8.82. The predicted molar refractivity (Wildman–Crippen MR) is 89.7 cm³/mol. The second-order valence-electron chi connectivity index (χ2n) is 6.98. The first kappa shape index (κ1) is 15.5. The maximum atomic E-state index is 13.0. The largest absolute Gasteiger partial charge is 0.336 e. The summed E-state index contributed by atoms with van der Waals surface area (Å²) in [5.41, 5.74) is 1.32. The van der Waals surface area contributed by atoms with Gasteiger partial charge in [0.05, 0.1) is 0 Å². The van der Waals surface area contributed by atoms with Crippen molar-refractivity contribution in [3.05, 3.63) is 35.9 Å². The molecular formula is C19H28N2O. The lowest BCUT2D eigenvalue weighted by Crippen LogP contribution is -2.59. The van der Waals surface area contributed by atoms with Crippen molar-refractivity contribution in [2.45, 2.75) is 57.5 Å². The van der Waals surface area contributed by atoms with E-state index in [2.05, 4.69) is 47.5 Å². The van der Waals surface area contributed by atoms with E-state index in [4.69, 9.17) is 0 Å². The molecule has 120 valence electrons. The molecule has 2 atom stereocenters. The monoisotopic (exact) mass is 300 g/mol. The SMILES string of the molecule is CC1CN(C(=O)C2CCCCC2)C(Cc2ccccc2)CN1. The molecule has 0 bridgehead atoms. The first-order valence-corrected chi connectivity index (χ1v) is 8.82. The first-order chi connectivity index (χ1) is 10.7. The molecule has 1 N–H and O–H groups in total. The van der Waals surface area contributed by atoms with Gasteiger partial charge in [-0.05, 0) is 31.7 Å². The van der Waals surface area contributed by atoms with E-state index in [0.29, 0.717) is 18.0 Å².